The molecular formula is C21H19ClFN3O3S. The van der Waals surface area contributed by atoms with Crippen LogP contribution in [-0.2, 0) is 10.0 Å². The first kappa shape index (κ1) is 19.7. The Morgan fingerprint density at radius 1 is 1.10 bits per heavy atom. The van der Waals surface area contributed by atoms with Crippen LogP contribution in [0.15, 0.2) is 57.8 Å². The fraction of sp³-hybridized carbons (Fsp3) is 0.333. The molecule has 1 aliphatic carbocycles. The highest BCUT2D eigenvalue weighted by molar-refractivity contribution is 7.89. The van der Waals surface area contributed by atoms with Gasteiger partial charge < -0.3 is 4.42 Å². The van der Waals surface area contributed by atoms with Gasteiger partial charge in [-0.2, -0.15) is 4.31 Å². The van der Waals surface area contributed by atoms with E-state index in [0.717, 1.165) is 24.1 Å². The normalized spacial score (nSPS) is 21.1. The fourth-order valence-electron chi connectivity index (χ4n) is 4.32. The number of hydrogen-bond donors (Lipinski definition) is 0. The Bertz CT molecular complexity index is 1190. The molecule has 1 spiro atoms. The molecule has 9 heteroatoms. The summed E-state index contributed by atoms with van der Waals surface area (Å²) in [6.45, 7) is 0.762. The largest absolute Gasteiger partial charge is 0.420 e. The third kappa shape index (κ3) is 3.33. The van der Waals surface area contributed by atoms with Crippen molar-refractivity contribution in [2.45, 2.75) is 30.1 Å². The van der Waals surface area contributed by atoms with Crippen LogP contribution >= 0.6 is 11.6 Å². The molecule has 1 unspecified atom stereocenters. The zero-order valence-corrected chi connectivity index (χ0v) is 17.5. The van der Waals surface area contributed by atoms with Crippen LogP contribution in [0.5, 0.6) is 0 Å². The Balaban J connectivity index is 1.28. The van der Waals surface area contributed by atoms with Gasteiger partial charge in [-0.3, -0.25) is 0 Å². The highest BCUT2D eigenvalue weighted by atomic mass is 35.5. The van der Waals surface area contributed by atoms with E-state index in [2.05, 4.69) is 10.2 Å². The third-order valence-corrected chi connectivity index (χ3v) is 8.56. The Kier molecular flexibility index (Phi) is 4.68. The van der Waals surface area contributed by atoms with Crippen LogP contribution in [0, 0.1) is 11.2 Å². The van der Waals surface area contributed by atoms with Gasteiger partial charge in [0.1, 0.15) is 10.7 Å². The maximum Gasteiger partial charge on any atom is 0.247 e. The Hall–Kier alpha value is -2.29. The molecule has 3 aromatic rings. The second kappa shape index (κ2) is 7.14. The first-order valence-electron chi connectivity index (χ1n) is 9.73. The van der Waals surface area contributed by atoms with Gasteiger partial charge in [-0.1, -0.05) is 29.8 Å². The summed E-state index contributed by atoms with van der Waals surface area (Å²) in [6, 6.07) is 13.0. The predicted molar refractivity (Wildman–Crippen MR) is 109 cm³/mol. The molecule has 2 fully saturated rings. The SMILES string of the molecule is O=S(=O)(c1ccc(F)cc1Cl)N1CCC2(CC1)CC2c1nnc(-c2ccccc2)o1. The summed E-state index contributed by atoms with van der Waals surface area (Å²) in [5.74, 6) is 0.707. The van der Waals surface area contributed by atoms with Crippen LogP contribution in [0.25, 0.3) is 11.5 Å². The third-order valence-electron chi connectivity index (χ3n) is 6.18. The van der Waals surface area contributed by atoms with Crippen molar-refractivity contribution >= 4 is 21.6 Å². The molecule has 0 bridgehead atoms. The molecule has 2 heterocycles. The van der Waals surface area contributed by atoms with E-state index < -0.39 is 15.8 Å². The first-order chi connectivity index (χ1) is 14.4. The minimum atomic E-state index is -3.76. The standard InChI is InChI=1S/C21H19ClFN3O3S/c22-17-12-15(23)6-7-18(17)30(27,28)26-10-8-21(9-11-26)13-16(21)20-25-24-19(29-20)14-4-2-1-3-5-14/h1-7,12,16H,8-11,13H2. The van der Waals surface area contributed by atoms with Crippen molar-refractivity contribution in [1.29, 1.82) is 0 Å². The molecule has 5 rings (SSSR count). The highest BCUT2D eigenvalue weighted by Crippen LogP contribution is 2.64. The molecule has 156 valence electrons. The van der Waals surface area contributed by atoms with Crippen molar-refractivity contribution in [2.24, 2.45) is 5.41 Å². The lowest BCUT2D eigenvalue weighted by Gasteiger charge is -2.32. The first-order valence-corrected chi connectivity index (χ1v) is 11.5. The number of rotatable bonds is 4. The average molecular weight is 448 g/mol. The van der Waals surface area contributed by atoms with Gasteiger partial charge in [0.2, 0.25) is 21.8 Å². The molecule has 0 amide bonds. The fourth-order valence-corrected chi connectivity index (χ4v) is 6.26. The molecule has 1 atom stereocenters. The minimum Gasteiger partial charge on any atom is -0.420 e. The van der Waals surface area contributed by atoms with Gasteiger partial charge in [0.05, 0.1) is 5.02 Å². The quantitative estimate of drug-likeness (QED) is 0.589. The van der Waals surface area contributed by atoms with Gasteiger partial charge in [-0.15, -0.1) is 10.2 Å². The number of hydrogen-bond acceptors (Lipinski definition) is 5. The summed E-state index contributed by atoms with van der Waals surface area (Å²) < 4.78 is 46.5. The molecule has 1 aromatic heterocycles. The summed E-state index contributed by atoms with van der Waals surface area (Å²) in [5.41, 5.74) is 0.877. The number of sulfonamides is 1. The maximum absolute atomic E-state index is 13.3. The summed E-state index contributed by atoms with van der Waals surface area (Å²) in [6.07, 6.45) is 2.33. The van der Waals surface area contributed by atoms with Gasteiger partial charge in [0.15, 0.2) is 0 Å². The van der Waals surface area contributed by atoms with Gasteiger partial charge >= 0.3 is 0 Å². The van der Waals surface area contributed by atoms with E-state index in [1.54, 1.807) is 0 Å². The van der Waals surface area contributed by atoms with E-state index in [0.29, 0.717) is 37.7 Å². The van der Waals surface area contributed by atoms with E-state index in [-0.39, 0.29) is 21.3 Å². The molecule has 6 nitrogen and oxygen atoms in total. The second-order valence-corrected chi connectivity index (χ2v) is 10.2. The Morgan fingerprint density at radius 2 is 1.83 bits per heavy atom. The monoisotopic (exact) mass is 447 g/mol. The lowest BCUT2D eigenvalue weighted by Crippen LogP contribution is -2.39. The predicted octanol–water partition coefficient (Wildman–Crippen LogP) is 4.49. The van der Waals surface area contributed by atoms with E-state index in [4.69, 9.17) is 16.0 Å². The zero-order valence-electron chi connectivity index (χ0n) is 16.0. The molecule has 30 heavy (non-hydrogen) atoms. The van der Waals surface area contributed by atoms with Crippen molar-refractivity contribution in [3.05, 3.63) is 65.3 Å². The number of nitrogens with zero attached hydrogens (tertiary/aromatic N) is 3. The lowest BCUT2D eigenvalue weighted by molar-refractivity contribution is 0.246. The summed E-state index contributed by atoms with van der Waals surface area (Å²) in [5, 5.41) is 8.31. The number of piperidine rings is 1. The lowest BCUT2D eigenvalue weighted by atomic mass is 9.92. The smallest absolute Gasteiger partial charge is 0.247 e. The van der Waals surface area contributed by atoms with Crippen molar-refractivity contribution in [3.63, 3.8) is 0 Å². The summed E-state index contributed by atoms with van der Waals surface area (Å²) in [7, 11) is -3.76. The van der Waals surface area contributed by atoms with Crippen molar-refractivity contribution in [1.82, 2.24) is 14.5 Å². The van der Waals surface area contributed by atoms with Crippen LogP contribution in [-0.4, -0.2) is 36.0 Å². The number of benzene rings is 2. The highest BCUT2D eigenvalue weighted by Gasteiger charge is 2.59. The van der Waals surface area contributed by atoms with Crippen LogP contribution in [0.1, 0.15) is 31.1 Å². The summed E-state index contributed by atoms with van der Waals surface area (Å²) >= 11 is 5.98. The second-order valence-electron chi connectivity index (χ2n) is 7.91. The Morgan fingerprint density at radius 3 is 2.53 bits per heavy atom. The van der Waals surface area contributed by atoms with E-state index in [9.17, 15) is 12.8 Å². The minimum absolute atomic E-state index is 0.000891. The molecule has 1 saturated heterocycles. The van der Waals surface area contributed by atoms with Gasteiger partial charge in [-0.25, -0.2) is 12.8 Å². The topological polar surface area (TPSA) is 76.3 Å². The van der Waals surface area contributed by atoms with Crippen LogP contribution in [0.3, 0.4) is 0 Å². The molecule has 2 aromatic carbocycles. The molecule has 0 N–H and O–H groups in total. The van der Waals surface area contributed by atoms with Crippen LogP contribution < -0.4 is 0 Å². The zero-order chi connectivity index (χ0) is 20.9. The molecule has 1 saturated carbocycles. The van der Waals surface area contributed by atoms with E-state index >= 15 is 0 Å². The van der Waals surface area contributed by atoms with Gasteiger partial charge in [0, 0.05) is 24.6 Å². The number of halogens is 2. The molecule has 1 aliphatic heterocycles. The number of aromatic nitrogens is 2. The van der Waals surface area contributed by atoms with Crippen LogP contribution in [0.4, 0.5) is 4.39 Å². The van der Waals surface area contributed by atoms with Crippen molar-refractivity contribution < 1.29 is 17.2 Å². The van der Waals surface area contributed by atoms with Gasteiger partial charge in [0.25, 0.3) is 0 Å². The molecule has 0 radical (unpaired) electrons. The Labute approximate surface area is 178 Å². The van der Waals surface area contributed by atoms with E-state index in [1.165, 1.54) is 10.4 Å². The summed E-state index contributed by atoms with van der Waals surface area (Å²) in [4.78, 5) is -0.0572. The van der Waals surface area contributed by atoms with E-state index in [1.807, 2.05) is 30.3 Å². The van der Waals surface area contributed by atoms with Crippen molar-refractivity contribution in [2.75, 3.05) is 13.1 Å². The van der Waals surface area contributed by atoms with Gasteiger partial charge in [-0.05, 0) is 55.0 Å². The molecular weight excluding hydrogens is 429 g/mol. The van der Waals surface area contributed by atoms with Crippen LogP contribution in [0.2, 0.25) is 5.02 Å². The average Bonchev–Trinajstić information content (AvgIpc) is 3.20. The van der Waals surface area contributed by atoms with Crippen molar-refractivity contribution in [3.8, 4) is 11.5 Å². The maximum atomic E-state index is 13.3. The molecule has 2 aliphatic rings.